The summed E-state index contributed by atoms with van der Waals surface area (Å²) in [4.78, 5) is 9.86. The van der Waals surface area contributed by atoms with E-state index in [2.05, 4.69) is 29.0 Å². The number of thioether (sulfide) groups is 1. The quantitative estimate of drug-likeness (QED) is 0.578. The third-order valence-corrected chi connectivity index (χ3v) is 4.20. The molecule has 0 radical (unpaired) electrons. The van der Waals surface area contributed by atoms with E-state index in [4.69, 9.17) is 23.2 Å². The van der Waals surface area contributed by atoms with Gasteiger partial charge in [-0.25, -0.2) is 9.97 Å². The molecule has 0 spiro atoms. The first-order valence-electron chi connectivity index (χ1n) is 6.10. The minimum atomic E-state index is 0.435. The lowest BCUT2D eigenvalue weighted by atomic mass is 10.2. The van der Waals surface area contributed by atoms with Gasteiger partial charge in [0.25, 0.3) is 0 Å². The molecule has 0 bridgehead atoms. The fourth-order valence-corrected chi connectivity index (χ4v) is 3.04. The Morgan fingerprint density at radius 3 is 2.05 bits per heavy atom. The lowest BCUT2D eigenvalue weighted by molar-refractivity contribution is 1.05. The summed E-state index contributed by atoms with van der Waals surface area (Å²) in [5.74, 6) is 1.62. The normalized spacial score (nSPS) is 10.7. The maximum Gasteiger partial charge on any atom is 0.162 e. The van der Waals surface area contributed by atoms with Crippen LogP contribution >= 0.6 is 35.0 Å². The average Bonchev–Trinajstić information content (AvgIpc) is 2.39. The van der Waals surface area contributed by atoms with Crippen LogP contribution in [0.4, 0.5) is 0 Å². The number of halogens is 2. The van der Waals surface area contributed by atoms with E-state index in [-0.39, 0.29) is 0 Å². The van der Waals surface area contributed by atoms with Crippen LogP contribution < -0.4 is 0 Å². The highest BCUT2D eigenvalue weighted by atomic mass is 35.5. The van der Waals surface area contributed by atoms with Gasteiger partial charge in [0, 0.05) is 16.0 Å². The lowest BCUT2D eigenvalue weighted by Gasteiger charge is -2.07. The Morgan fingerprint density at radius 1 is 1.00 bits per heavy atom. The molecule has 0 saturated heterocycles. The third kappa shape index (κ3) is 3.41. The van der Waals surface area contributed by atoms with E-state index in [1.807, 2.05) is 19.1 Å². The summed E-state index contributed by atoms with van der Waals surface area (Å²) in [6.45, 7) is 4.11. The molecule has 0 amide bonds. The minimum absolute atomic E-state index is 0.435. The average molecular weight is 313 g/mol. The summed E-state index contributed by atoms with van der Waals surface area (Å²) in [5.41, 5.74) is 1.72. The fraction of sp³-hybridized carbons (Fsp3) is 0.286. The van der Waals surface area contributed by atoms with Crippen molar-refractivity contribution in [1.29, 1.82) is 0 Å². The Hall–Kier alpha value is -0.770. The smallest absolute Gasteiger partial charge is 0.162 e. The lowest BCUT2D eigenvalue weighted by Crippen LogP contribution is -1.96. The van der Waals surface area contributed by atoms with Gasteiger partial charge in [-0.2, -0.15) is 0 Å². The molecule has 0 saturated carbocycles. The maximum atomic E-state index is 6.13. The van der Waals surface area contributed by atoms with Crippen molar-refractivity contribution in [2.45, 2.75) is 25.2 Å². The second-order valence-corrected chi connectivity index (χ2v) is 5.97. The number of nitrogens with zero attached hydrogens (tertiary/aromatic N) is 2. The molecule has 0 N–H and O–H groups in total. The van der Waals surface area contributed by atoms with E-state index >= 15 is 0 Å². The molecular weight excluding hydrogens is 299 g/mol. The Bertz CT molecular complexity index is 547. The van der Waals surface area contributed by atoms with Crippen molar-refractivity contribution in [2.75, 3.05) is 5.75 Å². The summed E-state index contributed by atoms with van der Waals surface area (Å²) in [5, 5.41) is 0.869. The highest BCUT2D eigenvalue weighted by Gasteiger charge is 2.11. The zero-order valence-electron chi connectivity index (χ0n) is 10.8. The molecule has 19 heavy (non-hydrogen) atoms. The SMILES string of the molecule is CCSc1ccc(-c2nc(Cl)c(CC)c(Cl)n2)cc1. The highest BCUT2D eigenvalue weighted by molar-refractivity contribution is 7.99. The van der Waals surface area contributed by atoms with Crippen molar-refractivity contribution in [3.8, 4) is 11.4 Å². The zero-order valence-corrected chi connectivity index (χ0v) is 13.1. The van der Waals surface area contributed by atoms with Gasteiger partial charge < -0.3 is 0 Å². The van der Waals surface area contributed by atoms with Gasteiger partial charge in [-0.1, -0.05) is 49.2 Å². The number of benzene rings is 1. The second kappa shape index (κ2) is 6.60. The minimum Gasteiger partial charge on any atom is -0.216 e. The van der Waals surface area contributed by atoms with E-state index < -0.39 is 0 Å². The van der Waals surface area contributed by atoms with E-state index in [9.17, 15) is 0 Å². The van der Waals surface area contributed by atoms with Crippen LogP contribution in [-0.2, 0) is 6.42 Å². The Morgan fingerprint density at radius 2 is 1.58 bits per heavy atom. The standard InChI is InChI=1S/C14H14Cl2N2S/c1-3-11-12(15)17-14(18-13(11)16)9-5-7-10(8-6-9)19-4-2/h5-8H,3-4H2,1-2H3. The number of rotatable bonds is 4. The molecule has 0 aliphatic rings. The molecule has 0 aliphatic carbocycles. The van der Waals surface area contributed by atoms with E-state index in [0.717, 1.165) is 23.3 Å². The van der Waals surface area contributed by atoms with Gasteiger partial charge in [-0.15, -0.1) is 11.8 Å². The monoisotopic (exact) mass is 312 g/mol. The molecule has 1 aromatic carbocycles. The van der Waals surface area contributed by atoms with Crippen LogP contribution in [0.15, 0.2) is 29.2 Å². The van der Waals surface area contributed by atoms with Gasteiger partial charge in [0.2, 0.25) is 0 Å². The fourth-order valence-electron chi connectivity index (χ4n) is 1.72. The van der Waals surface area contributed by atoms with Crippen molar-refractivity contribution in [2.24, 2.45) is 0 Å². The van der Waals surface area contributed by atoms with E-state index in [0.29, 0.717) is 16.1 Å². The van der Waals surface area contributed by atoms with Crippen LogP contribution in [0.3, 0.4) is 0 Å². The van der Waals surface area contributed by atoms with Gasteiger partial charge in [-0.05, 0) is 24.3 Å². The molecule has 2 aromatic rings. The molecule has 2 nitrogen and oxygen atoms in total. The van der Waals surface area contributed by atoms with Crippen LogP contribution in [-0.4, -0.2) is 15.7 Å². The van der Waals surface area contributed by atoms with Crippen molar-refractivity contribution in [1.82, 2.24) is 9.97 Å². The third-order valence-electron chi connectivity index (χ3n) is 2.68. The van der Waals surface area contributed by atoms with Crippen molar-refractivity contribution >= 4 is 35.0 Å². The summed E-state index contributed by atoms with van der Waals surface area (Å²) >= 11 is 14.1. The molecule has 0 unspecified atom stereocenters. The van der Waals surface area contributed by atoms with Crippen LogP contribution in [0.5, 0.6) is 0 Å². The number of hydrogen-bond acceptors (Lipinski definition) is 3. The van der Waals surface area contributed by atoms with E-state index in [1.54, 1.807) is 11.8 Å². The van der Waals surface area contributed by atoms with Crippen LogP contribution in [0, 0.1) is 0 Å². The first-order chi connectivity index (χ1) is 9.15. The van der Waals surface area contributed by atoms with Crippen molar-refractivity contribution < 1.29 is 0 Å². The first-order valence-corrected chi connectivity index (χ1v) is 7.85. The van der Waals surface area contributed by atoms with Gasteiger partial charge in [0.15, 0.2) is 5.82 Å². The first kappa shape index (κ1) is 14.6. The number of aromatic nitrogens is 2. The molecule has 1 aromatic heterocycles. The molecule has 2 rings (SSSR count). The Kier molecular flexibility index (Phi) is 5.08. The van der Waals surface area contributed by atoms with Crippen LogP contribution in [0.1, 0.15) is 19.4 Å². The molecule has 0 atom stereocenters. The summed E-state index contributed by atoms with van der Waals surface area (Å²) in [6, 6.07) is 8.10. The molecule has 0 fully saturated rings. The largest absolute Gasteiger partial charge is 0.216 e. The zero-order chi connectivity index (χ0) is 13.8. The second-order valence-electron chi connectivity index (χ2n) is 3.92. The molecule has 0 aliphatic heterocycles. The summed E-state index contributed by atoms with van der Waals surface area (Å²) in [6.07, 6.45) is 0.726. The van der Waals surface area contributed by atoms with Crippen molar-refractivity contribution in [3.63, 3.8) is 0 Å². The predicted molar refractivity (Wildman–Crippen MR) is 83.3 cm³/mol. The van der Waals surface area contributed by atoms with Crippen molar-refractivity contribution in [3.05, 3.63) is 40.1 Å². The van der Waals surface area contributed by atoms with Gasteiger partial charge in [0.1, 0.15) is 10.3 Å². The Labute approximate surface area is 127 Å². The van der Waals surface area contributed by atoms with Gasteiger partial charge in [-0.3, -0.25) is 0 Å². The van der Waals surface area contributed by atoms with E-state index in [1.165, 1.54) is 4.90 Å². The topological polar surface area (TPSA) is 25.8 Å². The molecule has 100 valence electrons. The highest BCUT2D eigenvalue weighted by Crippen LogP contribution is 2.27. The Balaban J connectivity index is 2.36. The summed E-state index contributed by atoms with van der Waals surface area (Å²) < 4.78 is 0. The molecule has 1 heterocycles. The van der Waals surface area contributed by atoms with Crippen LogP contribution in [0.25, 0.3) is 11.4 Å². The summed E-state index contributed by atoms with van der Waals surface area (Å²) in [7, 11) is 0. The number of hydrogen-bond donors (Lipinski definition) is 0. The van der Waals surface area contributed by atoms with Crippen LogP contribution in [0.2, 0.25) is 10.3 Å². The maximum absolute atomic E-state index is 6.13. The van der Waals surface area contributed by atoms with Gasteiger partial charge >= 0.3 is 0 Å². The predicted octanol–water partition coefficient (Wildman–Crippen LogP) is 5.12. The van der Waals surface area contributed by atoms with Gasteiger partial charge in [0.05, 0.1) is 0 Å². The molecular formula is C14H14Cl2N2S. The molecule has 5 heteroatoms.